The van der Waals surface area contributed by atoms with E-state index < -0.39 is 6.10 Å². The van der Waals surface area contributed by atoms with Crippen LogP contribution in [0.2, 0.25) is 0 Å². The van der Waals surface area contributed by atoms with Gasteiger partial charge in [0.2, 0.25) is 0 Å². The average Bonchev–Trinajstić information content (AvgIpc) is 2.55. The van der Waals surface area contributed by atoms with Crippen LogP contribution < -0.4 is 10.1 Å². The molecule has 2 aromatic carbocycles. The number of nitrogens with one attached hydrogen (secondary N) is 1. The van der Waals surface area contributed by atoms with Crippen molar-refractivity contribution in [2.45, 2.75) is 60.0 Å². The van der Waals surface area contributed by atoms with Gasteiger partial charge in [-0.2, -0.15) is 0 Å². The van der Waals surface area contributed by atoms with Crippen molar-refractivity contribution < 1.29 is 9.53 Å². The lowest BCUT2D eigenvalue weighted by Crippen LogP contribution is -2.33. The molecule has 0 heterocycles. The molecule has 1 atom stereocenters. The maximum absolute atomic E-state index is 12.8. The summed E-state index contributed by atoms with van der Waals surface area (Å²) < 4.78 is 6.01. The largest absolute Gasteiger partial charge is 0.480 e. The monoisotopic (exact) mass is 339 g/mol. The first kappa shape index (κ1) is 19.0. The van der Waals surface area contributed by atoms with E-state index in [4.69, 9.17) is 4.74 Å². The van der Waals surface area contributed by atoms with Gasteiger partial charge in [0.1, 0.15) is 5.75 Å². The SMILES string of the molecule is CCC(Oc1ccc(C)cc1C)C(=O)Nc1c(C)cccc1C(C)C. The summed E-state index contributed by atoms with van der Waals surface area (Å²) in [4.78, 5) is 12.8. The van der Waals surface area contributed by atoms with E-state index in [9.17, 15) is 4.79 Å². The number of ether oxygens (including phenoxy) is 1. The summed E-state index contributed by atoms with van der Waals surface area (Å²) >= 11 is 0. The zero-order valence-electron chi connectivity index (χ0n) is 16.1. The lowest BCUT2D eigenvalue weighted by atomic mass is 9.98. The topological polar surface area (TPSA) is 38.3 Å². The van der Waals surface area contributed by atoms with E-state index in [1.807, 2.05) is 52.0 Å². The highest BCUT2D eigenvalue weighted by Crippen LogP contribution is 2.28. The molecule has 1 amide bonds. The highest BCUT2D eigenvalue weighted by atomic mass is 16.5. The highest BCUT2D eigenvalue weighted by Gasteiger charge is 2.21. The number of benzene rings is 2. The van der Waals surface area contributed by atoms with E-state index in [-0.39, 0.29) is 5.91 Å². The molecule has 0 radical (unpaired) electrons. The number of carbonyl (C=O) groups is 1. The summed E-state index contributed by atoms with van der Waals surface area (Å²) in [7, 11) is 0. The van der Waals surface area contributed by atoms with Gasteiger partial charge in [0.15, 0.2) is 6.10 Å². The summed E-state index contributed by atoms with van der Waals surface area (Å²) in [6, 6.07) is 12.1. The van der Waals surface area contributed by atoms with Crippen LogP contribution in [-0.4, -0.2) is 12.0 Å². The molecule has 0 aliphatic carbocycles. The number of aryl methyl sites for hydroxylation is 3. The molecule has 1 unspecified atom stereocenters. The first-order valence-electron chi connectivity index (χ1n) is 8.97. The number of anilines is 1. The summed E-state index contributed by atoms with van der Waals surface area (Å²) in [6.45, 7) is 12.3. The second-order valence-corrected chi connectivity index (χ2v) is 6.97. The highest BCUT2D eigenvalue weighted by molar-refractivity contribution is 5.95. The lowest BCUT2D eigenvalue weighted by molar-refractivity contribution is -0.122. The molecule has 0 spiro atoms. The van der Waals surface area contributed by atoms with Crippen molar-refractivity contribution in [3.8, 4) is 5.75 Å². The van der Waals surface area contributed by atoms with Crippen LogP contribution in [0.3, 0.4) is 0 Å². The third-order valence-electron chi connectivity index (χ3n) is 4.44. The summed E-state index contributed by atoms with van der Waals surface area (Å²) in [5, 5.41) is 3.10. The van der Waals surface area contributed by atoms with Gasteiger partial charge in [-0.1, -0.05) is 56.7 Å². The molecule has 134 valence electrons. The lowest BCUT2D eigenvalue weighted by Gasteiger charge is -2.21. The van der Waals surface area contributed by atoms with Gasteiger partial charge in [0.05, 0.1) is 0 Å². The van der Waals surface area contributed by atoms with Crippen LogP contribution in [0.25, 0.3) is 0 Å². The number of hydrogen-bond acceptors (Lipinski definition) is 2. The number of hydrogen-bond donors (Lipinski definition) is 1. The normalized spacial score (nSPS) is 12.1. The molecule has 0 aliphatic heterocycles. The van der Waals surface area contributed by atoms with Gasteiger partial charge >= 0.3 is 0 Å². The predicted molar refractivity (Wildman–Crippen MR) is 105 cm³/mol. The fraction of sp³-hybridized carbons (Fsp3) is 0.409. The maximum atomic E-state index is 12.8. The Morgan fingerprint density at radius 1 is 1.08 bits per heavy atom. The van der Waals surface area contributed by atoms with E-state index in [0.717, 1.165) is 28.1 Å². The van der Waals surface area contributed by atoms with Crippen molar-refractivity contribution in [3.05, 3.63) is 58.7 Å². The van der Waals surface area contributed by atoms with Gasteiger partial charge < -0.3 is 10.1 Å². The molecule has 0 aromatic heterocycles. The fourth-order valence-corrected chi connectivity index (χ4v) is 2.95. The van der Waals surface area contributed by atoms with Crippen molar-refractivity contribution >= 4 is 11.6 Å². The van der Waals surface area contributed by atoms with Gasteiger partial charge in [0.25, 0.3) is 5.91 Å². The standard InChI is InChI=1S/C22H29NO2/c1-7-19(25-20-12-11-15(4)13-17(20)6)22(24)23-21-16(5)9-8-10-18(21)14(2)3/h8-14,19H,7H2,1-6H3,(H,23,24). The number of para-hydroxylation sites is 1. The Morgan fingerprint density at radius 2 is 1.80 bits per heavy atom. The molecule has 2 aromatic rings. The molecule has 3 heteroatoms. The van der Waals surface area contributed by atoms with Crippen molar-refractivity contribution in [1.29, 1.82) is 0 Å². The molecular formula is C22H29NO2. The quantitative estimate of drug-likeness (QED) is 0.751. The third kappa shape index (κ3) is 4.62. The van der Waals surface area contributed by atoms with Gasteiger partial charge in [-0.25, -0.2) is 0 Å². The number of amides is 1. The van der Waals surface area contributed by atoms with Gasteiger partial charge in [-0.3, -0.25) is 4.79 Å². The zero-order valence-corrected chi connectivity index (χ0v) is 16.1. The molecule has 25 heavy (non-hydrogen) atoms. The van der Waals surface area contributed by atoms with Crippen LogP contribution in [-0.2, 0) is 4.79 Å². The minimum absolute atomic E-state index is 0.0984. The molecular weight excluding hydrogens is 310 g/mol. The Morgan fingerprint density at radius 3 is 2.40 bits per heavy atom. The van der Waals surface area contributed by atoms with Crippen LogP contribution in [0.1, 0.15) is 55.4 Å². The predicted octanol–water partition coefficient (Wildman–Crippen LogP) is 5.53. The fourth-order valence-electron chi connectivity index (χ4n) is 2.95. The van der Waals surface area contributed by atoms with Crippen LogP contribution >= 0.6 is 0 Å². The Kier molecular flexibility index (Phi) is 6.24. The van der Waals surface area contributed by atoms with Crippen molar-refractivity contribution in [3.63, 3.8) is 0 Å². The first-order chi connectivity index (χ1) is 11.8. The summed E-state index contributed by atoms with van der Waals surface area (Å²) in [6.07, 6.45) is 0.100. The van der Waals surface area contributed by atoms with Crippen molar-refractivity contribution in [1.82, 2.24) is 0 Å². The minimum Gasteiger partial charge on any atom is -0.480 e. The Hall–Kier alpha value is -2.29. The minimum atomic E-state index is -0.513. The third-order valence-corrected chi connectivity index (χ3v) is 4.44. The second-order valence-electron chi connectivity index (χ2n) is 6.97. The molecule has 1 N–H and O–H groups in total. The van der Waals surface area contributed by atoms with Gasteiger partial charge in [0, 0.05) is 5.69 Å². The molecule has 0 saturated heterocycles. The van der Waals surface area contributed by atoms with Crippen LogP contribution in [0, 0.1) is 20.8 Å². The van der Waals surface area contributed by atoms with Gasteiger partial charge in [-0.15, -0.1) is 0 Å². The van der Waals surface area contributed by atoms with Crippen molar-refractivity contribution in [2.75, 3.05) is 5.32 Å². The average molecular weight is 339 g/mol. The molecule has 2 rings (SSSR count). The number of rotatable bonds is 6. The van der Waals surface area contributed by atoms with Crippen molar-refractivity contribution in [2.24, 2.45) is 0 Å². The molecule has 0 aliphatic rings. The van der Waals surface area contributed by atoms with E-state index in [2.05, 4.69) is 31.3 Å². The van der Waals surface area contributed by atoms with Gasteiger partial charge in [-0.05, 0) is 55.9 Å². The molecule has 0 fully saturated rings. The van der Waals surface area contributed by atoms with E-state index >= 15 is 0 Å². The Balaban J connectivity index is 2.21. The first-order valence-corrected chi connectivity index (χ1v) is 8.97. The van der Waals surface area contributed by atoms with E-state index in [1.54, 1.807) is 0 Å². The zero-order chi connectivity index (χ0) is 18.6. The van der Waals surface area contributed by atoms with E-state index in [0.29, 0.717) is 12.3 Å². The van der Waals surface area contributed by atoms with E-state index in [1.165, 1.54) is 5.56 Å². The van der Waals surface area contributed by atoms with Crippen LogP contribution in [0.5, 0.6) is 5.75 Å². The Bertz CT molecular complexity index is 750. The smallest absolute Gasteiger partial charge is 0.265 e. The molecule has 0 bridgehead atoms. The number of carbonyl (C=O) groups excluding carboxylic acids is 1. The summed E-state index contributed by atoms with van der Waals surface area (Å²) in [5.41, 5.74) is 5.36. The van der Waals surface area contributed by atoms with Crippen LogP contribution in [0.4, 0.5) is 5.69 Å². The molecule has 0 saturated carbocycles. The molecule has 3 nitrogen and oxygen atoms in total. The second kappa shape index (κ2) is 8.19. The summed E-state index contributed by atoms with van der Waals surface area (Å²) in [5.74, 6) is 1.01. The maximum Gasteiger partial charge on any atom is 0.265 e. The Labute approximate surface area is 151 Å². The van der Waals surface area contributed by atoms with Crippen LogP contribution in [0.15, 0.2) is 36.4 Å².